The Morgan fingerprint density at radius 2 is 1.21 bits per heavy atom. The van der Waals surface area contributed by atoms with Gasteiger partial charge in [0.1, 0.15) is 11.5 Å². The molecule has 1 aliphatic rings. The molecular formula is C55H46F2N6+2. The van der Waals surface area contributed by atoms with E-state index in [2.05, 4.69) is 36.7 Å². The number of halogens is 2. The van der Waals surface area contributed by atoms with Crippen LogP contribution in [0.25, 0.3) is 49.9 Å². The molecule has 0 atom stereocenters. The van der Waals surface area contributed by atoms with Crippen LogP contribution in [0.5, 0.6) is 0 Å². The lowest BCUT2D eigenvalue weighted by molar-refractivity contribution is 0.0380. The third-order valence-electron chi connectivity index (χ3n) is 11.4. The highest BCUT2D eigenvalue weighted by molar-refractivity contribution is 6.08. The highest BCUT2D eigenvalue weighted by atomic mass is 19.3. The Labute approximate surface area is 379 Å². The molecule has 4 aromatic heterocycles. The van der Waals surface area contributed by atoms with Gasteiger partial charge in [0.15, 0.2) is 0 Å². The van der Waals surface area contributed by atoms with E-state index in [4.69, 9.17) is 18.7 Å². The van der Waals surface area contributed by atoms with Crippen molar-refractivity contribution in [1.82, 2.24) is 28.7 Å². The van der Waals surface area contributed by atoms with Crippen LogP contribution in [-0.4, -0.2) is 25.5 Å². The molecule has 0 radical (unpaired) electrons. The lowest BCUT2D eigenvalue weighted by atomic mass is 9.84. The van der Waals surface area contributed by atoms with Gasteiger partial charge in [-0.1, -0.05) is 120 Å². The molecule has 0 unspecified atom stereocenters. The Hall–Kier alpha value is -7.41. The summed E-state index contributed by atoms with van der Waals surface area (Å²) in [5.74, 6) is -3.16. The second-order valence-corrected chi connectivity index (χ2v) is 17.5. The average Bonchev–Trinajstić information content (AvgIpc) is 3.92. The van der Waals surface area contributed by atoms with Crippen LogP contribution >= 0.6 is 0 Å². The van der Waals surface area contributed by atoms with E-state index in [1.54, 1.807) is 53.5 Å². The maximum atomic E-state index is 17.8. The number of hydrogen-bond donors (Lipinski definition) is 0. The van der Waals surface area contributed by atoms with Crippen LogP contribution in [0.3, 0.4) is 0 Å². The van der Waals surface area contributed by atoms with Crippen molar-refractivity contribution in [2.45, 2.75) is 58.3 Å². The normalized spacial score (nSPS) is 15.2. The molecule has 0 amide bonds. The first kappa shape index (κ1) is 29.8. The van der Waals surface area contributed by atoms with Gasteiger partial charge < -0.3 is 0 Å². The zero-order valence-corrected chi connectivity index (χ0v) is 35.3. The van der Waals surface area contributed by atoms with E-state index in [1.807, 2.05) is 43.5 Å². The Bertz CT molecular complexity index is 3780. The van der Waals surface area contributed by atoms with E-state index in [0.29, 0.717) is 44.6 Å². The number of benzene rings is 5. The largest absolute Gasteiger partial charge is 0.503 e. The maximum Gasteiger partial charge on any atom is 0.503 e. The van der Waals surface area contributed by atoms with E-state index in [-0.39, 0.29) is 44.6 Å². The van der Waals surface area contributed by atoms with Crippen molar-refractivity contribution in [1.29, 1.82) is 0 Å². The van der Waals surface area contributed by atoms with Gasteiger partial charge in [-0.3, -0.25) is 14.5 Å². The van der Waals surface area contributed by atoms with Gasteiger partial charge in [0, 0.05) is 65.4 Å². The van der Waals surface area contributed by atoms with Crippen LogP contribution in [0, 0.1) is 0 Å². The van der Waals surface area contributed by atoms with Crippen molar-refractivity contribution < 1.29 is 22.5 Å². The smallest absolute Gasteiger partial charge is 0.294 e. The van der Waals surface area contributed by atoms with E-state index in [9.17, 15) is 0 Å². The number of pyridine rings is 3. The molecule has 8 heteroatoms. The van der Waals surface area contributed by atoms with Gasteiger partial charge in [-0.25, -0.2) is 4.98 Å². The number of aromatic nitrogens is 4. The number of para-hydroxylation sites is 3. The van der Waals surface area contributed by atoms with Crippen molar-refractivity contribution in [3.05, 3.63) is 193 Å². The average molecular weight is 839 g/mol. The van der Waals surface area contributed by atoms with E-state index < -0.39 is 77.5 Å². The summed E-state index contributed by atoms with van der Waals surface area (Å²) in [6.45, 7) is 12.0. The molecule has 9 aromatic rings. The number of rotatable bonds is 7. The fraction of sp³-hybridized carbons (Fsp3) is 0.164. The molecule has 6 nitrogen and oxygen atoms in total. The highest BCUT2D eigenvalue weighted by Gasteiger charge is 2.43. The van der Waals surface area contributed by atoms with Crippen molar-refractivity contribution in [2.75, 3.05) is 0 Å². The summed E-state index contributed by atoms with van der Waals surface area (Å²) in [6.07, 6.45) is 6.48. The van der Waals surface area contributed by atoms with E-state index in [0.717, 1.165) is 5.56 Å². The lowest BCUT2D eigenvalue weighted by Crippen LogP contribution is -2.20. The summed E-state index contributed by atoms with van der Waals surface area (Å²) >= 11 is 0. The van der Waals surface area contributed by atoms with Crippen LogP contribution in [-0.2, 0) is 16.8 Å². The molecule has 0 aliphatic carbocycles. The van der Waals surface area contributed by atoms with E-state index >= 15 is 8.78 Å². The Balaban J connectivity index is 1.25. The summed E-state index contributed by atoms with van der Waals surface area (Å²) in [5.41, 5.74) is 1.72. The van der Waals surface area contributed by atoms with Crippen LogP contribution in [0.4, 0.5) is 31.5 Å². The predicted molar refractivity (Wildman–Crippen MR) is 253 cm³/mol. The van der Waals surface area contributed by atoms with Gasteiger partial charge in [-0.15, -0.1) is 0 Å². The SMILES string of the molecule is [2H]c1c([2H])c([2H])c(-c2cccc(-c3c([2H])c([2H])c([2H])c([2H])c3[2H])c2[N+]2=C=[N+](c3cc(C(C)(C)C)cc(C(F)(F)c4cc5c(cn4)c4cnccc4n5-c4cc(C(C)(C)C)ccn4)c3)c3ccccc32)c([2H])c1[2H]. The highest BCUT2D eigenvalue weighted by Crippen LogP contribution is 2.46. The minimum atomic E-state index is -3.70. The molecule has 0 bridgehead atoms. The Morgan fingerprint density at radius 3 is 1.86 bits per heavy atom. The molecule has 0 fully saturated rings. The van der Waals surface area contributed by atoms with Gasteiger partial charge in [-0.2, -0.15) is 8.78 Å². The minimum absolute atomic E-state index is 0.0520. The molecule has 0 saturated heterocycles. The molecule has 5 aromatic carbocycles. The minimum Gasteiger partial charge on any atom is -0.294 e. The standard InChI is InChI=1S/C55H46F2N6/c1-53(2,3)38-24-27-59-51(31-38)63-46-25-26-58-33-44(46)45-34-60-50(32-49(45)63)55(56,57)40-28-39(54(4,5)6)29-41(30-40)61-35-62(48-23-14-13-22-47(48)61)52-42(36-16-9-7-10-17-36)20-15-21-43(52)37-18-11-8-12-19-37/h7-34H,1-6H3/q+2/i7D,8D,9D,10D,11D,12D,16D,17D,18D,19D. The van der Waals surface area contributed by atoms with Gasteiger partial charge in [-0.05, 0) is 84.7 Å². The van der Waals surface area contributed by atoms with E-state index in [1.165, 1.54) is 47.2 Å². The first-order chi connectivity index (χ1) is 34.4. The zero-order valence-electron chi connectivity index (χ0n) is 45.3. The van der Waals surface area contributed by atoms with Crippen LogP contribution < -0.4 is 9.15 Å². The second kappa shape index (κ2) is 14.9. The monoisotopic (exact) mass is 838 g/mol. The molecule has 0 spiro atoms. The van der Waals surface area contributed by atoms with Crippen molar-refractivity contribution in [2.24, 2.45) is 0 Å². The van der Waals surface area contributed by atoms with Crippen LogP contribution in [0.1, 0.15) is 77.6 Å². The summed E-state index contributed by atoms with van der Waals surface area (Å²) in [4.78, 5) is 13.5. The molecule has 10 rings (SSSR count). The lowest BCUT2D eigenvalue weighted by Gasteiger charge is -2.23. The van der Waals surface area contributed by atoms with Crippen molar-refractivity contribution >= 4 is 50.6 Å². The van der Waals surface area contributed by atoms with Gasteiger partial charge in [0.25, 0.3) is 11.4 Å². The first-order valence-electron chi connectivity index (χ1n) is 25.4. The Morgan fingerprint density at radius 1 is 0.587 bits per heavy atom. The second-order valence-electron chi connectivity index (χ2n) is 17.5. The fourth-order valence-corrected chi connectivity index (χ4v) is 8.06. The number of nitrogens with zero attached hydrogens (tertiary/aromatic N) is 6. The van der Waals surface area contributed by atoms with Crippen molar-refractivity contribution in [3.8, 4) is 28.1 Å². The summed E-state index contributed by atoms with van der Waals surface area (Å²) in [5, 5.41) is 1.32. The van der Waals surface area contributed by atoms with Gasteiger partial charge in [0.05, 0.1) is 35.9 Å². The molecule has 0 N–H and O–H groups in total. The number of fused-ring (bicyclic) bond motifs is 4. The summed E-state index contributed by atoms with van der Waals surface area (Å²) < 4.78 is 128. The maximum absolute atomic E-state index is 17.8. The molecule has 5 heterocycles. The number of hydrogen-bond acceptors (Lipinski definition) is 3. The molecule has 1 aliphatic heterocycles. The van der Waals surface area contributed by atoms with Gasteiger partial charge in [0.2, 0.25) is 11.4 Å². The first-order valence-corrected chi connectivity index (χ1v) is 20.4. The molecule has 0 saturated carbocycles. The van der Waals surface area contributed by atoms with Crippen LogP contribution in [0.15, 0.2) is 170 Å². The van der Waals surface area contributed by atoms with Crippen LogP contribution in [0.2, 0.25) is 0 Å². The topological polar surface area (TPSA) is 49.6 Å². The predicted octanol–water partition coefficient (Wildman–Crippen LogP) is 13.9. The number of alkyl halides is 2. The quantitative estimate of drug-likeness (QED) is 0.150. The molecule has 308 valence electrons. The molecule has 63 heavy (non-hydrogen) atoms. The summed E-state index contributed by atoms with van der Waals surface area (Å²) in [7, 11) is 0. The fourth-order valence-electron chi connectivity index (χ4n) is 8.06. The zero-order chi connectivity index (χ0) is 52.4. The third kappa shape index (κ3) is 6.93. The Kier molecular flexibility index (Phi) is 7.04. The van der Waals surface area contributed by atoms with Gasteiger partial charge >= 0.3 is 11.9 Å². The molecular weight excluding hydrogens is 783 g/mol. The third-order valence-corrected chi connectivity index (χ3v) is 11.4. The van der Waals surface area contributed by atoms with Crippen molar-refractivity contribution in [3.63, 3.8) is 0 Å². The summed E-state index contributed by atoms with van der Waals surface area (Å²) in [6, 6.07) is 20.6.